The molecule has 5 heteroatoms. The maximum Gasteiger partial charge on any atom is 0.226 e. The van der Waals surface area contributed by atoms with Gasteiger partial charge in [0.05, 0.1) is 5.75 Å². The minimum atomic E-state index is -0.158. The van der Waals surface area contributed by atoms with Gasteiger partial charge in [0, 0.05) is 12.2 Å². The van der Waals surface area contributed by atoms with Gasteiger partial charge in [-0.15, -0.1) is 22.0 Å². The summed E-state index contributed by atoms with van der Waals surface area (Å²) in [5, 5.41) is 8.10. The average molecular weight is 264 g/mol. The van der Waals surface area contributed by atoms with Gasteiger partial charge in [-0.05, 0) is 36.1 Å². The Morgan fingerprint density at radius 3 is 3.11 bits per heavy atom. The van der Waals surface area contributed by atoms with Crippen molar-refractivity contribution in [3.8, 4) is 0 Å². The molecule has 1 aliphatic carbocycles. The van der Waals surface area contributed by atoms with Crippen LogP contribution in [0.25, 0.3) is 0 Å². The molecule has 1 aromatic heterocycles. The molecule has 0 saturated heterocycles. The van der Waals surface area contributed by atoms with Crippen LogP contribution < -0.4 is 0 Å². The number of nitrogens with zero attached hydrogens (tertiary/aromatic N) is 2. The highest BCUT2D eigenvalue weighted by atomic mass is 32.2. The molecule has 1 atom stereocenters. The predicted molar refractivity (Wildman–Crippen MR) is 67.8 cm³/mol. The van der Waals surface area contributed by atoms with Crippen molar-refractivity contribution in [2.75, 3.05) is 0 Å². The average Bonchev–Trinajstić information content (AvgIpc) is 2.93. The van der Waals surface area contributed by atoms with Gasteiger partial charge in [-0.1, -0.05) is 6.07 Å². The van der Waals surface area contributed by atoms with Gasteiger partial charge < -0.3 is 4.42 Å². The van der Waals surface area contributed by atoms with E-state index in [9.17, 15) is 4.39 Å². The summed E-state index contributed by atoms with van der Waals surface area (Å²) < 4.78 is 18.6. The van der Waals surface area contributed by atoms with Gasteiger partial charge in [0.1, 0.15) is 5.82 Å². The summed E-state index contributed by atoms with van der Waals surface area (Å²) in [6.45, 7) is 1.78. The van der Waals surface area contributed by atoms with Crippen LogP contribution >= 0.6 is 11.8 Å². The zero-order valence-electron chi connectivity index (χ0n) is 10.0. The molecule has 3 rings (SSSR count). The van der Waals surface area contributed by atoms with Crippen molar-refractivity contribution in [2.24, 2.45) is 0 Å². The Morgan fingerprint density at radius 1 is 1.44 bits per heavy atom. The van der Waals surface area contributed by atoms with E-state index in [0.717, 1.165) is 18.4 Å². The first-order chi connectivity index (χ1) is 8.72. The van der Waals surface area contributed by atoms with E-state index < -0.39 is 0 Å². The highest BCUT2D eigenvalue weighted by Gasteiger charge is 2.23. The minimum Gasteiger partial charge on any atom is -0.425 e. The first kappa shape index (κ1) is 11.7. The first-order valence-electron chi connectivity index (χ1n) is 5.91. The molecule has 0 radical (unpaired) electrons. The SMILES string of the molecule is Cc1nnc(CSC2CCc3ccc(F)cc32)o1. The third-order valence-corrected chi connectivity index (χ3v) is 4.41. The van der Waals surface area contributed by atoms with Crippen LogP contribution in [-0.4, -0.2) is 10.2 Å². The van der Waals surface area contributed by atoms with Crippen molar-refractivity contribution in [1.82, 2.24) is 10.2 Å². The van der Waals surface area contributed by atoms with Crippen molar-refractivity contribution >= 4 is 11.8 Å². The van der Waals surface area contributed by atoms with Crippen molar-refractivity contribution in [3.05, 3.63) is 46.9 Å². The van der Waals surface area contributed by atoms with Crippen molar-refractivity contribution < 1.29 is 8.81 Å². The Hall–Kier alpha value is -1.36. The molecule has 1 unspecified atom stereocenters. The Bertz CT molecular complexity index is 570. The molecule has 0 fully saturated rings. The normalized spacial score (nSPS) is 18.0. The van der Waals surface area contributed by atoms with E-state index in [1.165, 1.54) is 11.6 Å². The molecule has 1 aliphatic rings. The monoisotopic (exact) mass is 264 g/mol. The Balaban J connectivity index is 1.71. The summed E-state index contributed by atoms with van der Waals surface area (Å²) in [7, 11) is 0. The highest BCUT2D eigenvalue weighted by molar-refractivity contribution is 7.98. The van der Waals surface area contributed by atoms with Crippen LogP contribution in [-0.2, 0) is 12.2 Å². The van der Waals surface area contributed by atoms with Gasteiger partial charge in [0.2, 0.25) is 11.8 Å². The molecule has 94 valence electrons. The number of benzene rings is 1. The molecule has 18 heavy (non-hydrogen) atoms. The van der Waals surface area contributed by atoms with Crippen molar-refractivity contribution in [1.29, 1.82) is 0 Å². The molecular weight excluding hydrogens is 251 g/mol. The Labute approximate surface area is 109 Å². The summed E-state index contributed by atoms with van der Waals surface area (Å²) >= 11 is 1.74. The van der Waals surface area contributed by atoms with Crippen LogP contribution in [0.15, 0.2) is 22.6 Å². The van der Waals surface area contributed by atoms with Crippen LogP contribution in [0.4, 0.5) is 4.39 Å². The lowest BCUT2D eigenvalue weighted by molar-refractivity contribution is 0.485. The number of thioether (sulfide) groups is 1. The molecule has 2 aromatic rings. The second kappa shape index (κ2) is 4.72. The Kier molecular flexibility index (Phi) is 3.07. The highest BCUT2D eigenvalue weighted by Crippen LogP contribution is 2.42. The summed E-state index contributed by atoms with van der Waals surface area (Å²) in [6.07, 6.45) is 2.08. The van der Waals surface area contributed by atoms with Crippen molar-refractivity contribution in [2.45, 2.75) is 30.8 Å². The number of halogens is 1. The van der Waals surface area contributed by atoms with E-state index in [1.54, 1.807) is 24.8 Å². The van der Waals surface area contributed by atoms with E-state index in [1.807, 2.05) is 6.07 Å². The maximum atomic E-state index is 13.3. The van der Waals surface area contributed by atoms with E-state index in [-0.39, 0.29) is 5.82 Å². The van der Waals surface area contributed by atoms with Gasteiger partial charge >= 0.3 is 0 Å². The lowest BCUT2D eigenvalue weighted by Crippen LogP contribution is -1.91. The molecule has 0 aliphatic heterocycles. The number of rotatable bonds is 3. The standard InChI is InChI=1S/C13H13FN2OS/c1-8-15-16-13(17-8)7-18-12-5-3-9-2-4-10(14)6-11(9)12/h2,4,6,12H,3,5,7H2,1H3. The summed E-state index contributed by atoms with van der Waals surface area (Å²) in [4.78, 5) is 0. The predicted octanol–water partition coefficient (Wildman–Crippen LogP) is 3.44. The van der Waals surface area contributed by atoms with Gasteiger partial charge in [-0.25, -0.2) is 4.39 Å². The zero-order chi connectivity index (χ0) is 12.5. The second-order valence-corrected chi connectivity index (χ2v) is 5.59. The number of aromatic nitrogens is 2. The fourth-order valence-electron chi connectivity index (χ4n) is 2.28. The van der Waals surface area contributed by atoms with Crippen molar-refractivity contribution in [3.63, 3.8) is 0 Å². The van der Waals surface area contributed by atoms with E-state index in [4.69, 9.17) is 4.42 Å². The molecule has 0 spiro atoms. The van der Waals surface area contributed by atoms with Crippen LogP contribution in [0.1, 0.15) is 34.6 Å². The molecule has 1 heterocycles. The molecule has 0 amide bonds. The fraction of sp³-hybridized carbons (Fsp3) is 0.385. The lowest BCUT2D eigenvalue weighted by atomic mass is 10.1. The summed E-state index contributed by atoms with van der Waals surface area (Å²) in [5.74, 6) is 1.75. The van der Waals surface area contributed by atoms with E-state index in [0.29, 0.717) is 22.8 Å². The molecule has 3 nitrogen and oxygen atoms in total. The topological polar surface area (TPSA) is 38.9 Å². The van der Waals surface area contributed by atoms with Crippen LogP contribution in [0, 0.1) is 12.7 Å². The minimum absolute atomic E-state index is 0.158. The summed E-state index contributed by atoms with van der Waals surface area (Å²) in [5.41, 5.74) is 2.38. The van der Waals surface area contributed by atoms with E-state index >= 15 is 0 Å². The number of aryl methyl sites for hydroxylation is 2. The van der Waals surface area contributed by atoms with Crippen LogP contribution in [0.3, 0.4) is 0 Å². The zero-order valence-corrected chi connectivity index (χ0v) is 10.8. The van der Waals surface area contributed by atoms with Gasteiger partial charge in [0.25, 0.3) is 0 Å². The summed E-state index contributed by atoms with van der Waals surface area (Å²) in [6, 6.07) is 5.08. The maximum absolute atomic E-state index is 13.3. The smallest absolute Gasteiger partial charge is 0.226 e. The molecule has 0 N–H and O–H groups in total. The van der Waals surface area contributed by atoms with Gasteiger partial charge in [-0.3, -0.25) is 0 Å². The van der Waals surface area contributed by atoms with Gasteiger partial charge in [-0.2, -0.15) is 0 Å². The third kappa shape index (κ3) is 2.27. The lowest BCUT2D eigenvalue weighted by Gasteiger charge is -2.09. The fourth-order valence-corrected chi connectivity index (χ4v) is 3.42. The van der Waals surface area contributed by atoms with E-state index in [2.05, 4.69) is 10.2 Å². The largest absolute Gasteiger partial charge is 0.425 e. The molecular formula is C13H13FN2OS. The molecule has 1 aromatic carbocycles. The number of hydrogen-bond acceptors (Lipinski definition) is 4. The molecule has 0 bridgehead atoms. The molecule has 0 saturated carbocycles. The van der Waals surface area contributed by atoms with Crippen LogP contribution in [0.2, 0.25) is 0 Å². The third-order valence-electron chi connectivity index (χ3n) is 3.11. The quantitative estimate of drug-likeness (QED) is 0.851. The first-order valence-corrected chi connectivity index (χ1v) is 6.96. The van der Waals surface area contributed by atoms with Gasteiger partial charge in [0.15, 0.2) is 0 Å². The second-order valence-electron chi connectivity index (χ2n) is 4.40. The number of fused-ring (bicyclic) bond motifs is 1. The number of hydrogen-bond donors (Lipinski definition) is 0. The van der Waals surface area contributed by atoms with Crippen LogP contribution in [0.5, 0.6) is 0 Å². The Morgan fingerprint density at radius 2 is 2.33 bits per heavy atom.